The number of hydrogen-bond acceptors (Lipinski definition) is 2. The van der Waals surface area contributed by atoms with Crippen molar-refractivity contribution in [1.82, 2.24) is 0 Å². The van der Waals surface area contributed by atoms with Crippen LogP contribution in [0.1, 0.15) is 16.7 Å². The normalized spacial score (nSPS) is 11.0. The monoisotopic (exact) mass is 424 g/mol. The molecule has 0 aliphatic heterocycles. The van der Waals surface area contributed by atoms with Gasteiger partial charge in [-0.05, 0) is 47.0 Å². The number of anilines is 1. The standard InChI is InChI=1S/C23H15Cl2FN2O/c24-19-6-2-4-8-22(19)28-23(29)18(14-27)11-15-9-10-16(20(25)12-15)13-17-5-1-3-7-21(17)26/h1-12H,13H2,(H,28,29)/b18-11+. The molecule has 144 valence electrons. The van der Waals surface area contributed by atoms with Gasteiger partial charge in [0.2, 0.25) is 0 Å². The first-order chi connectivity index (χ1) is 14.0. The second-order valence-corrected chi connectivity index (χ2v) is 7.04. The minimum absolute atomic E-state index is 0.0946. The minimum atomic E-state index is -0.577. The summed E-state index contributed by atoms with van der Waals surface area (Å²) in [6.07, 6.45) is 1.78. The molecule has 3 nitrogen and oxygen atoms in total. The third kappa shape index (κ3) is 5.23. The summed E-state index contributed by atoms with van der Waals surface area (Å²) < 4.78 is 13.9. The Kier molecular flexibility index (Phi) is 6.66. The van der Waals surface area contributed by atoms with Gasteiger partial charge in [0.25, 0.3) is 5.91 Å². The Hall–Kier alpha value is -3.13. The maximum Gasteiger partial charge on any atom is 0.266 e. The van der Waals surface area contributed by atoms with E-state index in [1.807, 2.05) is 6.07 Å². The molecule has 0 saturated carbocycles. The number of hydrogen-bond donors (Lipinski definition) is 1. The van der Waals surface area contributed by atoms with E-state index in [-0.39, 0.29) is 11.4 Å². The Balaban J connectivity index is 1.80. The quantitative estimate of drug-likeness (QED) is 0.387. The van der Waals surface area contributed by atoms with Crippen molar-refractivity contribution < 1.29 is 9.18 Å². The number of nitriles is 1. The summed E-state index contributed by atoms with van der Waals surface area (Å²) >= 11 is 12.4. The van der Waals surface area contributed by atoms with Crippen LogP contribution in [-0.4, -0.2) is 5.91 Å². The van der Waals surface area contributed by atoms with Crippen LogP contribution in [0.3, 0.4) is 0 Å². The summed E-state index contributed by atoms with van der Waals surface area (Å²) in [5.41, 5.74) is 2.18. The van der Waals surface area contributed by atoms with E-state index in [9.17, 15) is 14.4 Å². The van der Waals surface area contributed by atoms with Gasteiger partial charge in [0.1, 0.15) is 17.5 Å². The fourth-order valence-corrected chi connectivity index (χ4v) is 3.15. The Morgan fingerprint density at radius 3 is 2.41 bits per heavy atom. The summed E-state index contributed by atoms with van der Waals surface area (Å²) in [7, 11) is 0. The van der Waals surface area contributed by atoms with E-state index in [1.54, 1.807) is 60.7 Å². The van der Waals surface area contributed by atoms with E-state index in [4.69, 9.17) is 23.2 Å². The predicted molar refractivity (Wildman–Crippen MR) is 114 cm³/mol. The smallest absolute Gasteiger partial charge is 0.266 e. The van der Waals surface area contributed by atoms with Crippen molar-refractivity contribution in [2.45, 2.75) is 6.42 Å². The predicted octanol–water partition coefficient (Wildman–Crippen LogP) is 6.27. The van der Waals surface area contributed by atoms with Crippen LogP contribution < -0.4 is 5.32 Å². The van der Waals surface area contributed by atoms with Crippen LogP contribution in [0.5, 0.6) is 0 Å². The fourth-order valence-electron chi connectivity index (χ4n) is 2.71. The lowest BCUT2D eigenvalue weighted by Gasteiger charge is -2.08. The van der Waals surface area contributed by atoms with E-state index in [0.717, 1.165) is 5.56 Å². The molecule has 0 aliphatic rings. The van der Waals surface area contributed by atoms with Crippen molar-refractivity contribution in [2.75, 3.05) is 5.32 Å². The molecule has 0 atom stereocenters. The highest BCUT2D eigenvalue weighted by molar-refractivity contribution is 6.34. The molecule has 6 heteroatoms. The van der Waals surface area contributed by atoms with Crippen LogP contribution in [-0.2, 0) is 11.2 Å². The first-order valence-corrected chi connectivity index (χ1v) is 9.43. The van der Waals surface area contributed by atoms with Gasteiger partial charge in [0.15, 0.2) is 0 Å². The van der Waals surface area contributed by atoms with Crippen molar-refractivity contribution >= 4 is 40.9 Å². The largest absolute Gasteiger partial charge is 0.320 e. The molecular formula is C23H15Cl2FN2O. The lowest BCUT2D eigenvalue weighted by Crippen LogP contribution is -2.13. The van der Waals surface area contributed by atoms with Gasteiger partial charge in [0.05, 0.1) is 10.7 Å². The molecule has 0 heterocycles. The first-order valence-electron chi connectivity index (χ1n) is 8.67. The molecule has 3 rings (SSSR count). The van der Waals surface area contributed by atoms with E-state index >= 15 is 0 Å². The summed E-state index contributed by atoms with van der Waals surface area (Å²) in [4.78, 5) is 12.4. The van der Waals surface area contributed by atoms with Crippen LogP contribution in [0.25, 0.3) is 6.08 Å². The van der Waals surface area contributed by atoms with E-state index < -0.39 is 5.91 Å². The van der Waals surface area contributed by atoms with Crippen LogP contribution in [0, 0.1) is 17.1 Å². The topological polar surface area (TPSA) is 52.9 Å². The maximum atomic E-state index is 13.9. The van der Waals surface area contributed by atoms with Crippen LogP contribution >= 0.6 is 23.2 Å². The molecule has 3 aromatic rings. The molecule has 0 aromatic heterocycles. The Labute approximate surface area is 178 Å². The summed E-state index contributed by atoms with van der Waals surface area (Å²) in [6.45, 7) is 0. The third-order valence-electron chi connectivity index (χ3n) is 4.21. The molecule has 0 unspecified atom stereocenters. The van der Waals surface area contributed by atoms with E-state index in [0.29, 0.717) is 33.3 Å². The average molecular weight is 425 g/mol. The number of rotatable bonds is 5. The van der Waals surface area contributed by atoms with Crippen LogP contribution in [0.4, 0.5) is 10.1 Å². The Bertz CT molecular complexity index is 1140. The van der Waals surface area contributed by atoms with Gasteiger partial charge < -0.3 is 5.32 Å². The van der Waals surface area contributed by atoms with Gasteiger partial charge >= 0.3 is 0 Å². The first kappa shape index (κ1) is 20.6. The Morgan fingerprint density at radius 1 is 1.00 bits per heavy atom. The number of para-hydroxylation sites is 1. The zero-order valence-electron chi connectivity index (χ0n) is 15.1. The minimum Gasteiger partial charge on any atom is -0.320 e. The number of halogens is 3. The lowest BCUT2D eigenvalue weighted by molar-refractivity contribution is -0.112. The number of benzene rings is 3. The number of nitrogens with zero attached hydrogens (tertiary/aromatic N) is 1. The molecule has 3 aromatic carbocycles. The highest BCUT2D eigenvalue weighted by Crippen LogP contribution is 2.24. The number of carbonyl (C=O) groups is 1. The molecule has 0 saturated heterocycles. The summed E-state index contributed by atoms with van der Waals surface area (Å²) in [6, 6.07) is 20.2. The van der Waals surface area contributed by atoms with E-state index in [2.05, 4.69) is 5.32 Å². The molecule has 0 aliphatic carbocycles. The second kappa shape index (κ2) is 9.38. The SMILES string of the molecule is N#C/C(=C\c1ccc(Cc2ccccc2F)c(Cl)c1)C(=O)Nc1ccccc1Cl. The Morgan fingerprint density at radius 2 is 1.72 bits per heavy atom. The molecule has 1 N–H and O–H groups in total. The highest BCUT2D eigenvalue weighted by Gasteiger charge is 2.12. The molecular weight excluding hydrogens is 410 g/mol. The second-order valence-electron chi connectivity index (χ2n) is 6.22. The van der Waals surface area contributed by atoms with E-state index in [1.165, 1.54) is 12.1 Å². The lowest BCUT2D eigenvalue weighted by atomic mass is 10.0. The summed E-state index contributed by atoms with van der Waals surface area (Å²) in [5, 5.41) is 12.8. The van der Waals surface area contributed by atoms with Crippen molar-refractivity contribution in [3.05, 3.63) is 105 Å². The number of amides is 1. The average Bonchev–Trinajstić information content (AvgIpc) is 2.71. The van der Waals surface area contributed by atoms with Gasteiger partial charge in [-0.1, -0.05) is 65.7 Å². The zero-order valence-corrected chi connectivity index (χ0v) is 16.6. The fraction of sp³-hybridized carbons (Fsp3) is 0.0435. The van der Waals surface area contributed by atoms with Gasteiger partial charge in [-0.15, -0.1) is 0 Å². The van der Waals surface area contributed by atoms with Gasteiger partial charge in [-0.3, -0.25) is 4.79 Å². The van der Waals surface area contributed by atoms with Crippen LogP contribution in [0.15, 0.2) is 72.3 Å². The van der Waals surface area contributed by atoms with Gasteiger partial charge in [-0.25, -0.2) is 4.39 Å². The number of carbonyl (C=O) groups excluding carboxylic acids is 1. The molecule has 29 heavy (non-hydrogen) atoms. The van der Waals surface area contributed by atoms with Crippen LogP contribution in [0.2, 0.25) is 10.0 Å². The molecule has 0 radical (unpaired) electrons. The number of nitrogens with one attached hydrogen (secondary N) is 1. The van der Waals surface area contributed by atoms with Crippen molar-refractivity contribution in [1.29, 1.82) is 5.26 Å². The summed E-state index contributed by atoms with van der Waals surface area (Å²) in [5.74, 6) is -0.872. The molecule has 0 fully saturated rings. The highest BCUT2D eigenvalue weighted by atomic mass is 35.5. The van der Waals surface area contributed by atoms with Crippen molar-refractivity contribution in [3.63, 3.8) is 0 Å². The van der Waals surface area contributed by atoms with Crippen molar-refractivity contribution in [2.24, 2.45) is 0 Å². The third-order valence-corrected chi connectivity index (χ3v) is 4.90. The zero-order chi connectivity index (χ0) is 20.8. The molecule has 0 bridgehead atoms. The maximum absolute atomic E-state index is 13.9. The molecule has 1 amide bonds. The molecule has 0 spiro atoms. The van der Waals surface area contributed by atoms with Crippen molar-refractivity contribution in [3.8, 4) is 6.07 Å². The van der Waals surface area contributed by atoms with Gasteiger partial charge in [-0.2, -0.15) is 5.26 Å². The van der Waals surface area contributed by atoms with Gasteiger partial charge in [0, 0.05) is 11.4 Å².